The van der Waals surface area contributed by atoms with Crippen LogP contribution in [0.2, 0.25) is 0 Å². The number of aldehydes is 1. The Labute approximate surface area is 139 Å². The zero-order chi connectivity index (χ0) is 16.9. The summed E-state index contributed by atoms with van der Waals surface area (Å²) in [7, 11) is 0. The summed E-state index contributed by atoms with van der Waals surface area (Å²) in [6.07, 6.45) is 6.02. The number of carbonyl (C=O) groups is 1. The van der Waals surface area contributed by atoms with Crippen LogP contribution in [0.25, 0.3) is 11.3 Å². The van der Waals surface area contributed by atoms with Crippen molar-refractivity contribution in [3.8, 4) is 22.8 Å². The number of hydrogen-bond acceptors (Lipinski definition) is 4. The van der Waals surface area contributed by atoms with Crippen LogP contribution in [0.4, 0.5) is 4.39 Å². The Hall–Kier alpha value is -2.43. The third-order valence-electron chi connectivity index (χ3n) is 5.25. The molecule has 24 heavy (non-hydrogen) atoms. The first kappa shape index (κ1) is 15.1. The number of aromatic hydroxyl groups is 1. The molecule has 1 aromatic heterocycles. The molecule has 4 rings (SSSR count). The highest BCUT2D eigenvalue weighted by molar-refractivity contribution is 5.86. The molecule has 2 aromatic rings. The van der Waals surface area contributed by atoms with Crippen molar-refractivity contribution in [2.75, 3.05) is 6.61 Å². The number of phenols is 1. The maximum absolute atomic E-state index is 15.4. The molecule has 124 valence electrons. The second kappa shape index (κ2) is 5.30. The second-order valence-corrected chi connectivity index (χ2v) is 6.80. The van der Waals surface area contributed by atoms with Crippen molar-refractivity contribution in [3.63, 3.8) is 0 Å². The lowest BCUT2D eigenvalue weighted by atomic mass is 9.80. The largest absolute Gasteiger partial charge is 0.506 e. The number of carbonyl (C=O) groups excluding carboxylic acids is 1. The summed E-state index contributed by atoms with van der Waals surface area (Å²) in [6.45, 7) is 2.28. The zero-order valence-electron chi connectivity index (χ0n) is 13.4. The minimum Gasteiger partial charge on any atom is -0.506 e. The Morgan fingerprint density at radius 1 is 1.33 bits per heavy atom. The molecule has 1 fully saturated rings. The summed E-state index contributed by atoms with van der Waals surface area (Å²) in [5.74, 6) is -0.174. The summed E-state index contributed by atoms with van der Waals surface area (Å²) in [4.78, 5) is 15.3. The van der Waals surface area contributed by atoms with E-state index in [1.807, 2.05) is 0 Å². The number of pyridine rings is 1. The van der Waals surface area contributed by atoms with Crippen LogP contribution < -0.4 is 4.74 Å². The number of benzene rings is 1. The van der Waals surface area contributed by atoms with E-state index in [9.17, 15) is 9.90 Å². The minimum atomic E-state index is -0.440. The maximum atomic E-state index is 15.4. The molecule has 1 aliphatic heterocycles. The lowest BCUT2D eigenvalue weighted by molar-refractivity contribution is 0.112. The van der Waals surface area contributed by atoms with E-state index in [1.54, 1.807) is 19.1 Å². The van der Waals surface area contributed by atoms with E-state index in [1.165, 1.54) is 6.20 Å². The van der Waals surface area contributed by atoms with Crippen LogP contribution in [0, 0.1) is 12.7 Å². The van der Waals surface area contributed by atoms with E-state index in [0.29, 0.717) is 24.2 Å². The van der Waals surface area contributed by atoms with Gasteiger partial charge in [-0.1, -0.05) is 12.8 Å². The summed E-state index contributed by atoms with van der Waals surface area (Å²) < 4.78 is 21.0. The number of phenolic OH excluding ortho intramolecular Hbond substituents is 1. The first-order chi connectivity index (χ1) is 11.6. The standard InChI is InChI=1S/C19H18FNO3/c1-11-6-12(9-22)18(23)13(7-11)17-16(20)15-14(8-21-17)24-10-19(15)4-2-3-5-19/h6-9,23H,2-5,10H2,1H3. The second-order valence-electron chi connectivity index (χ2n) is 6.80. The van der Waals surface area contributed by atoms with Crippen molar-refractivity contribution in [1.82, 2.24) is 4.98 Å². The van der Waals surface area contributed by atoms with Crippen molar-refractivity contribution in [3.05, 3.63) is 40.8 Å². The van der Waals surface area contributed by atoms with Crippen molar-refractivity contribution in [2.45, 2.75) is 38.0 Å². The van der Waals surface area contributed by atoms with E-state index in [-0.39, 0.29) is 28.0 Å². The number of hydrogen-bond donors (Lipinski definition) is 1. The quantitative estimate of drug-likeness (QED) is 0.849. The first-order valence-corrected chi connectivity index (χ1v) is 8.17. The third kappa shape index (κ3) is 2.04. The smallest absolute Gasteiger partial charge is 0.157 e. The fraction of sp³-hybridized carbons (Fsp3) is 0.368. The average Bonchev–Trinajstić information content (AvgIpc) is 3.19. The van der Waals surface area contributed by atoms with Gasteiger partial charge in [-0.05, 0) is 37.5 Å². The van der Waals surface area contributed by atoms with Gasteiger partial charge in [0.2, 0.25) is 0 Å². The molecule has 1 spiro atoms. The van der Waals surface area contributed by atoms with E-state index in [4.69, 9.17) is 4.74 Å². The monoisotopic (exact) mass is 327 g/mol. The molecule has 0 bridgehead atoms. The highest BCUT2D eigenvalue weighted by Gasteiger charge is 2.46. The van der Waals surface area contributed by atoms with Gasteiger partial charge in [0, 0.05) is 16.5 Å². The molecule has 0 radical (unpaired) electrons. The van der Waals surface area contributed by atoms with Crippen LogP contribution >= 0.6 is 0 Å². The Morgan fingerprint density at radius 3 is 2.79 bits per heavy atom. The Balaban J connectivity index is 1.94. The summed E-state index contributed by atoms with van der Waals surface area (Å²) >= 11 is 0. The van der Waals surface area contributed by atoms with Gasteiger partial charge in [-0.25, -0.2) is 9.37 Å². The van der Waals surface area contributed by atoms with Gasteiger partial charge in [-0.3, -0.25) is 4.79 Å². The molecule has 0 amide bonds. The number of fused-ring (bicyclic) bond motifs is 2. The van der Waals surface area contributed by atoms with Gasteiger partial charge >= 0.3 is 0 Å². The van der Waals surface area contributed by atoms with Crippen LogP contribution in [-0.2, 0) is 5.41 Å². The third-order valence-corrected chi connectivity index (χ3v) is 5.25. The predicted molar refractivity (Wildman–Crippen MR) is 87.1 cm³/mol. The number of halogens is 1. The van der Waals surface area contributed by atoms with Crippen LogP contribution in [-0.4, -0.2) is 23.0 Å². The first-order valence-electron chi connectivity index (χ1n) is 8.17. The highest BCUT2D eigenvalue weighted by Crippen LogP contribution is 2.51. The normalized spacial score (nSPS) is 17.8. The fourth-order valence-corrected chi connectivity index (χ4v) is 4.07. The number of aryl methyl sites for hydroxylation is 1. The lowest BCUT2D eigenvalue weighted by Crippen LogP contribution is -2.24. The van der Waals surface area contributed by atoms with Crippen molar-refractivity contribution in [2.24, 2.45) is 0 Å². The van der Waals surface area contributed by atoms with E-state index < -0.39 is 5.82 Å². The molecular weight excluding hydrogens is 309 g/mol. The van der Waals surface area contributed by atoms with Crippen LogP contribution in [0.1, 0.15) is 47.2 Å². The summed E-state index contributed by atoms with van der Waals surface area (Å²) in [5, 5.41) is 10.3. The molecule has 2 aliphatic rings. The molecule has 5 heteroatoms. The molecule has 1 aromatic carbocycles. The minimum absolute atomic E-state index is 0.0785. The van der Waals surface area contributed by atoms with Gasteiger partial charge in [0.1, 0.15) is 17.2 Å². The summed E-state index contributed by atoms with van der Waals surface area (Å²) in [5.41, 5.74) is 1.53. The number of aromatic nitrogens is 1. The van der Waals surface area contributed by atoms with Gasteiger partial charge in [-0.15, -0.1) is 0 Å². The topological polar surface area (TPSA) is 59.4 Å². The molecule has 0 unspecified atom stereocenters. The molecule has 1 aliphatic carbocycles. The summed E-state index contributed by atoms with van der Waals surface area (Å²) in [6, 6.07) is 3.22. The van der Waals surface area contributed by atoms with Crippen molar-refractivity contribution in [1.29, 1.82) is 0 Å². The van der Waals surface area contributed by atoms with E-state index in [2.05, 4.69) is 4.98 Å². The van der Waals surface area contributed by atoms with Gasteiger partial charge in [0.05, 0.1) is 18.4 Å². The molecule has 1 N–H and O–H groups in total. The fourth-order valence-electron chi connectivity index (χ4n) is 4.07. The van der Waals surface area contributed by atoms with Crippen molar-refractivity contribution < 1.29 is 19.0 Å². The number of rotatable bonds is 2. The average molecular weight is 327 g/mol. The van der Waals surface area contributed by atoms with Gasteiger partial charge in [0.15, 0.2) is 12.1 Å². The molecular formula is C19H18FNO3. The predicted octanol–water partition coefficient (Wildman–Crippen LogP) is 3.92. The van der Waals surface area contributed by atoms with Gasteiger partial charge in [-0.2, -0.15) is 0 Å². The van der Waals surface area contributed by atoms with E-state index >= 15 is 4.39 Å². The molecule has 0 atom stereocenters. The molecule has 1 saturated carbocycles. The number of ether oxygens (including phenoxy) is 1. The molecule has 0 saturated heterocycles. The van der Waals surface area contributed by atoms with E-state index in [0.717, 1.165) is 31.2 Å². The lowest BCUT2D eigenvalue weighted by Gasteiger charge is -2.22. The zero-order valence-corrected chi connectivity index (χ0v) is 13.4. The van der Waals surface area contributed by atoms with Crippen LogP contribution in [0.5, 0.6) is 11.5 Å². The van der Waals surface area contributed by atoms with Gasteiger partial charge < -0.3 is 9.84 Å². The van der Waals surface area contributed by atoms with Crippen molar-refractivity contribution >= 4 is 6.29 Å². The van der Waals surface area contributed by atoms with Crippen LogP contribution in [0.3, 0.4) is 0 Å². The Morgan fingerprint density at radius 2 is 2.08 bits per heavy atom. The van der Waals surface area contributed by atoms with Gasteiger partial charge in [0.25, 0.3) is 0 Å². The molecule has 2 heterocycles. The van der Waals surface area contributed by atoms with Crippen LogP contribution in [0.15, 0.2) is 18.3 Å². The SMILES string of the molecule is Cc1cc(C=O)c(O)c(-c2ncc3c(c2F)C2(CCCC2)CO3)c1. The molecule has 4 nitrogen and oxygen atoms in total. The number of nitrogens with zero attached hydrogens (tertiary/aromatic N) is 1. The Kier molecular flexibility index (Phi) is 3.34. The Bertz CT molecular complexity index is 841. The maximum Gasteiger partial charge on any atom is 0.157 e. The highest BCUT2D eigenvalue weighted by atomic mass is 19.1.